The number of carbonyl (C=O) groups is 1. The Bertz CT molecular complexity index is 1740. The first-order valence-corrected chi connectivity index (χ1v) is 15.0. The van der Waals surface area contributed by atoms with E-state index in [1.807, 2.05) is 56.4 Å². The van der Waals surface area contributed by atoms with Gasteiger partial charge < -0.3 is 24.3 Å². The Kier molecular flexibility index (Phi) is 8.74. The van der Waals surface area contributed by atoms with Crippen LogP contribution in [0.4, 0.5) is 0 Å². The number of morpholine rings is 1. The van der Waals surface area contributed by atoms with Crippen molar-refractivity contribution in [1.82, 2.24) is 19.7 Å². The number of nitrogens with one attached hydrogen (secondary N) is 1. The van der Waals surface area contributed by atoms with E-state index in [2.05, 4.69) is 28.1 Å². The predicted molar refractivity (Wildman–Crippen MR) is 168 cm³/mol. The van der Waals surface area contributed by atoms with Crippen LogP contribution in [0.2, 0.25) is 0 Å². The number of carbonyl (C=O) groups excluding carboxylic acids is 1. The topological polar surface area (TPSA) is 102 Å². The number of esters is 1. The molecule has 0 spiro atoms. The molecule has 43 heavy (non-hydrogen) atoms. The molecule has 226 valence electrons. The van der Waals surface area contributed by atoms with E-state index in [1.54, 1.807) is 4.68 Å². The molecule has 0 saturated carbocycles. The van der Waals surface area contributed by atoms with Gasteiger partial charge in [0.15, 0.2) is 0 Å². The van der Waals surface area contributed by atoms with Gasteiger partial charge in [0.05, 0.1) is 49.9 Å². The second kappa shape index (κ2) is 13.0. The first-order valence-electron chi connectivity index (χ1n) is 15.0. The molecule has 1 saturated heterocycles. The van der Waals surface area contributed by atoms with Crippen LogP contribution in [-0.2, 0) is 36.1 Å². The van der Waals surface area contributed by atoms with Crippen LogP contribution >= 0.6 is 0 Å². The first-order chi connectivity index (χ1) is 21.1. The zero-order valence-electron chi connectivity index (χ0n) is 24.8. The molecule has 1 aliphatic heterocycles. The molecule has 0 unspecified atom stereocenters. The van der Waals surface area contributed by atoms with Crippen molar-refractivity contribution in [2.45, 2.75) is 32.9 Å². The van der Waals surface area contributed by atoms with Crippen LogP contribution in [0.1, 0.15) is 42.2 Å². The highest BCUT2D eigenvalue weighted by molar-refractivity contribution is 6.04. The van der Waals surface area contributed by atoms with Crippen LogP contribution in [0.5, 0.6) is 5.75 Å². The Hall–Kier alpha value is -4.18. The SMILES string of the molecule is CCOC(=O)c1[nH]c2c(-c3c(CN4CCOCC4)nn(C)c3CO)cccc2c1CCCOc1cccc2ccccc12.[HH]. The molecule has 5 aromatic rings. The lowest BCUT2D eigenvalue weighted by Gasteiger charge is -2.26. The zero-order valence-corrected chi connectivity index (χ0v) is 24.8. The molecule has 9 heteroatoms. The highest BCUT2D eigenvalue weighted by Crippen LogP contribution is 2.37. The van der Waals surface area contributed by atoms with Crippen LogP contribution in [0.3, 0.4) is 0 Å². The maximum Gasteiger partial charge on any atom is 0.355 e. The summed E-state index contributed by atoms with van der Waals surface area (Å²) in [4.78, 5) is 18.9. The average molecular weight is 585 g/mol. The van der Waals surface area contributed by atoms with E-state index in [9.17, 15) is 9.90 Å². The Morgan fingerprint density at radius 2 is 1.84 bits per heavy atom. The number of para-hydroxylation sites is 1. The minimum absolute atomic E-state index is 0. The van der Waals surface area contributed by atoms with Crippen molar-refractivity contribution < 1.29 is 25.5 Å². The monoisotopic (exact) mass is 584 g/mol. The molecule has 0 atom stereocenters. The van der Waals surface area contributed by atoms with Gasteiger partial charge in [-0.3, -0.25) is 9.58 Å². The van der Waals surface area contributed by atoms with Crippen molar-refractivity contribution >= 4 is 27.6 Å². The molecule has 2 aromatic heterocycles. The molecule has 3 heterocycles. The van der Waals surface area contributed by atoms with E-state index in [0.29, 0.717) is 44.9 Å². The molecule has 0 aliphatic carbocycles. The molecule has 2 N–H and O–H groups in total. The largest absolute Gasteiger partial charge is 0.493 e. The number of aliphatic hydroxyl groups is 1. The van der Waals surface area contributed by atoms with Crippen molar-refractivity contribution in [2.24, 2.45) is 7.05 Å². The van der Waals surface area contributed by atoms with E-state index < -0.39 is 0 Å². The number of aliphatic hydroxyl groups excluding tert-OH is 1. The molecule has 9 nitrogen and oxygen atoms in total. The predicted octanol–water partition coefficient (Wildman–Crippen LogP) is 5.48. The third-order valence-corrected chi connectivity index (χ3v) is 8.13. The number of H-pyrrole nitrogens is 1. The smallest absolute Gasteiger partial charge is 0.355 e. The minimum Gasteiger partial charge on any atom is -0.493 e. The number of ether oxygens (including phenoxy) is 3. The molecule has 0 radical (unpaired) electrons. The van der Waals surface area contributed by atoms with Crippen molar-refractivity contribution in [3.8, 4) is 16.9 Å². The van der Waals surface area contributed by atoms with Gasteiger partial charge in [-0.25, -0.2) is 4.79 Å². The third-order valence-electron chi connectivity index (χ3n) is 8.13. The maximum absolute atomic E-state index is 13.2. The summed E-state index contributed by atoms with van der Waals surface area (Å²) in [6.45, 7) is 6.13. The molecule has 0 amide bonds. The van der Waals surface area contributed by atoms with Gasteiger partial charge >= 0.3 is 5.97 Å². The summed E-state index contributed by atoms with van der Waals surface area (Å²) >= 11 is 0. The fourth-order valence-electron chi connectivity index (χ4n) is 6.07. The molecule has 6 rings (SSSR count). The number of rotatable bonds is 11. The van der Waals surface area contributed by atoms with Crippen LogP contribution < -0.4 is 4.74 Å². The number of nitrogens with zero attached hydrogens (tertiary/aromatic N) is 3. The van der Waals surface area contributed by atoms with Crippen LogP contribution in [0.25, 0.3) is 32.8 Å². The van der Waals surface area contributed by atoms with E-state index in [0.717, 1.165) is 68.6 Å². The number of aromatic nitrogens is 3. The standard InChI is InChI=1S/C34H38N4O5.H2/c1-3-42-34(40)33-26(14-8-18-43-30-15-6-10-23-9-4-5-11-24(23)30)25-12-7-13-27(32(25)35-33)31-28(36-37(2)29(31)22-39)21-38-16-19-41-20-17-38;/h4-7,9-13,15,35,39H,3,8,14,16-22H2,1-2H3;1H. The van der Waals surface area contributed by atoms with Gasteiger partial charge in [0.1, 0.15) is 11.4 Å². The van der Waals surface area contributed by atoms with Gasteiger partial charge in [0.25, 0.3) is 0 Å². The summed E-state index contributed by atoms with van der Waals surface area (Å²) in [6.07, 6.45) is 1.34. The summed E-state index contributed by atoms with van der Waals surface area (Å²) in [7, 11) is 1.86. The fraction of sp³-hybridized carbons (Fsp3) is 0.353. The van der Waals surface area contributed by atoms with Gasteiger partial charge in [-0.2, -0.15) is 5.10 Å². The Labute approximate surface area is 252 Å². The minimum atomic E-state index is -0.378. The lowest BCUT2D eigenvalue weighted by molar-refractivity contribution is 0.0336. The molecule has 1 fully saturated rings. The summed E-state index contributed by atoms with van der Waals surface area (Å²) in [6, 6.07) is 20.3. The number of aryl methyl sites for hydroxylation is 2. The number of fused-ring (bicyclic) bond motifs is 2. The van der Waals surface area contributed by atoms with Crippen molar-refractivity contribution in [1.29, 1.82) is 0 Å². The normalized spacial score (nSPS) is 14.0. The van der Waals surface area contributed by atoms with Crippen LogP contribution in [0, 0.1) is 0 Å². The van der Waals surface area contributed by atoms with E-state index in [-0.39, 0.29) is 20.6 Å². The van der Waals surface area contributed by atoms with E-state index >= 15 is 0 Å². The van der Waals surface area contributed by atoms with Gasteiger partial charge in [-0.1, -0.05) is 54.6 Å². The first kappa shape index (κ1) is 28.9. The van der Waals surface area contributed by atoms with E-state index in [4.69, 9.17) is 19.3 Å². The summed E-state index contributed by atoms with van der Waals surface area (Å²) in [5.41, 5.74) is 5.61. The van der Waals surface area contributed by atoms with E-state index in [1.165, 1.54) is 0 Å². The van der Waals surface area contributed by atoms with Gasteiger partial charge in [0, 0.05) is 50.0 Å². The highest BCUT2D eigenvalue weighted by Gasteiger charge is 2.25. The van der Waals surface area contributed by atoms with Crippen molar-refractivity contribution in [2.75, 3.05) is 39.5 Å². The number of hydrogen-bond donors (Lipinski definition) is 2. The second-order valence-corrected chi connectivity index (χ2v) is 10.8. The van der Waals surface area contributed by atoms with Gasteiger partial charge in [-0.15, -0.1) is 0 Å². The number of benzene rings is 3. The maximum atomic E-state index is 13.2. The van der Waals surface area contributed by atoms with Gasteiger partial charge in [0.2, 0.25) is 0 Å². The van der Waals surface area contributed by atoms with Gasteiger partial charge in [-0.05, 0) is 36.8 Å². The Morgan fingerprint density at radius 1 is 1.07 bits per heavy atom. The lowest BCUT2D eigenvalue weighted by atomic mass is 9.98. The molecule has 1 aliphatic rings. The quantitative estimate of drug-likeness (QED) is 0.157. The molecule has 3 aromatic carbocycles. The number of aromatic amines is 1. The molecule has 0 bridgehead atoms. The Balaban J connectivity index is 0.00000384. The summed E-state index contributed by atoms with van der Waals surface area (Å²) < 4.78 is 19.0. The highest BCUT2D eigenvalue weighted by atomic mass is 16.5. The Morgan fingerprint density at radius 3 is 2.65 bits per heavy atom. The molecular formula is C34H40N4O5. The fourth-order valence-corrected chi connectivity index (χ4v) is 6.07. The van der Waals surface area contributed by atoms with Crippen molar-refractivity contribution in [3.63, 3.8) is 0 Å². The number of hydrogen-bond acceptors (Lipinski definition) is 7. The van der Waals surface area contributed by atoms with Crippen molar-refractivity contribution in [3.05, 3.63) is 83.3 Å². The lowest BCUT2D eigenvalue weighted by Crippen LogP contribution is -2.35. The summed E-state index contributed by atoms with van der Waals surface area (Å²) in [5, 5.41) is 18.4. The zero-order chi connectivity index (χ0) is 29.8. The van der Waals surface area contributed by atoms with Crippen LogP contribution in [0.15, 0.2) is 60.7 Å². The third kappa shape index (κ3) is 5.88. The molecular weight excluding hydrogens is 544 g/mol. The average Bonchev–Trinajstić information content (AvgIpc) is 3.56. The second-order valence-electron chi connectivity index (χ2n) is 10.8. The van der Waals surface area contributed by atoms with Crippen LogP contribution in [-0.4, -0.2) is 70.3 Å². The summed E-state index contributed by atoms with van der Waals surface area (Å²) in [5.74, 6) is 0.475.